The zero-order chi connectivity index (χ0) is 18.0. The van der Waals surface area contributed by atoms with Crippen molar-refractivity contribution in [1.29, 1.82) is 5.26 Å². The first-order valence-corrected chi connectivity index (χ1v) is 8.20. The van der Waals surface area contributed by atoms with Crippen molar-refractivity contribution in [3.63, 3.8) is 0 Å². The number of benzene rings is 3. The van der Waals surface area contributed by atoms with Gasteiger partial charge in [0, 0.05) is 5.92 Å². The summed E-state index contributed by atoms with van der Waals surface area (Å²) in [6.45, 7) is 3.94. The average molecular weight is 329 g/mol. The molecular formula is C22H19NO2. The van der Waals surface area contributed by atoms with Gasteiger partial charge >= 0.3 is 5.97 Å². The molecule has 3 aromatic rings. The molecule has 0 radical (unpaired) electrons. The first-order chi connectivity index (χ1) is 12.0. The van der Waals surface area contributed by atoms with E-state index in [1.165, 1.54) is 0 Å². The number of hydrogen-bond acceptors (Lipinski definition) is 2. The van der Waals surface area contributed by atoms with Crippen LogP contribution in [0.25, 0.3) is 10.8 Å². The van der Waals surface area contributed by atoms with E-state index in [0.29, 0.717) is 0 Å². The summed E-state index contributed by atoms with van der Waals surface area (Å²) in [7, 11) is 0. The first-order valence-electron chi connectivity index (χ1n) is 8.20. The molecule has 0 aromatic heterocycles. The average Bonchev–Trinajstić information content (AvgIpc) is 2.60. The number of carboxylic acid groups (broad SMARTS) is 1. The van der Waals surface area contributed by atoms with Crippen molar-refractivity contribution in [2.75, 3.05) is 0 Å². The zero-order valence-corrected chi connectivity index (χ0v) is 14.2. The van der Waals surface area contributed by atoms with E-state index in [1.807, 2.05) is 80.6 Å². The van der Waals surface area contributed by atoms with Crippen molar-refractivity contribution in [2.24, 2.45) is 5.92 Å². The third kappa shape index (κ3) is 2.99. The lowest BCUT2D eigenvalue weighted by atomic mass is 9.76. The van der Waals surface area contributed by atoms with Crippen LogP contribution >= 0.6 is 0 Å². The van der Waals surface area contributed by atoms with E-state index in [9.17, 15) is 15.2 Å². The van der Waals surface area contributed by atoms with Crippen LogP contribution in [0.4, 0.5) is 0 Å². The Bertz CT molecular complexity index is 959. The number of nitrogens with zero attached hydrogens (tertiary/aromatic N) is 1. The summed E-state index contributed by atoms with van der Waals surface area (Å²) in [5, 5.41) is 21.3. The van der Waals surface area contributed by atoms with Gasteiger partial charge in [0.2, 0.25) is 0 Å². The Morgan fingerprint density at radius 2 is 1.56 bits per heavy atom. The van der Waals surface area contributed by atoms with Gasteiger partial charge in [-0.05, 0) is 46.9 Å². The molecule has 3 nitrogen and oxygen atoms in total. The Balaban J connectivity index is 2.36. The van der Waals surface area contributed by atoms with Crippen molar-refractivity contribution < 1.29 is 9.90 Å². The van der Waals surface area contributed by atoms with Crippen LogP contribution in [0, 0.1) is 31.1 Å². The highest BCUT2D eigenvalue weighted by atomic mass is 16.4. The summed E-state index contributed by atoms with van der Waals surface area (Å²) >= 11 is 0. The maximum atomic E-state index is 11.9. The predicted octanol–water partition coefficient (Wildman–Crippen LogP) is 4.81. The summed E-state index contributed by atoms with van der Waals surface area (Å²) in [5.41, 5.74) is 3.80. The van der Waals surface area contributed by atoms with Crippen LogP contribution in [-0.2, 0) is 4.79 Å². The summed E-state index contributed by atoms with van der Waals surface area (Å²) in [6, 6.07) is 21.7. The van der Waals surface area contributed by atoms with Gasteiger partial charge in [-0.25, -0.2) is 0 Å². The monoisotopic (exact) mass is 329 g/mol. The molecule has 25 heavy (non-hydrogen) atoms. The number of hydrogen-bond donors (Lipinski definition) is 1. The number of carboxylic acids is 1. The second-order valence-corrected chi connectivity index (χ2v) is 6.30. The number of rotatable bonds is 4. The molecule has 0 saturated heterocycles. The number of carbonyl (C=O) groups is 1. The van der Waals surface area contributed by atoms with Gasteiger partial charge in [0.25, 0.3) is 0 Å². The SMILES string of the molecule is Cc1cccc(C)c1C(c1cccc2ccccc12)C(C#N)C(=O)O. The highest BCUT2D eigenvalue weighted by Crippen LogP contribution is 2.39. The normalized spacial score (nSPS) is 13.2. The molecule has 1 N–H and O–H groups in total. The van der Waals surface area contributed by atoms with Crippen molar-refractivity contribution in [3.05, 3.63) is 82.9 Å². The Hall–Kier alpha value is -3.12. The highest BCUT2D eigenvalue weighted by molar-refractivity contribution is 5.88. The molecular weight excluding hydrogens is 310 g/mol. The quantitative estimate of drug-likeness (QED) is 0.747. The minimum atomic E-state index is -1.15. The van der Waals surface area contributed by atoms with Gasteiger partial charge in [-0.2, -0.15) is 5.26 Å². The Morgan fingerprint density at radius 3 is 2.20 bits per heavy atom. The molecule has 0 aliphatic rings. The van der Waals surface area contributed by atoms with Gasteiger partial charge in [0.05, 0.1) is 6.07 Å². The van der Waals surface area contributed by atoms with E-state index in [0.717, 1.165) is 33.0 Å². The van der Waals surface area contributed by atoms with E-state index >= 15 is 0 Å². The van der Waals surface area contributed by atoms with Gasteiger partial charge in [-0.3, -0.25) is 4.79 Å². The van der Waals surface area contributed by atoms with Crippen LogP contribution in [0.1, 0.15) is 28.2 Å². The van der Waals surface area contributed by atoms with Gasteiger partial charge in [0.1, 0.15) is 0 Å². The fraction of sp³-hybridized carbons (Fsp3) is 0.182. The molecule has 0 heterocycles. The van der Waals surface area contributed by atoms with E-state index in [-0.39, 0.29) is 0 Å². The molecule has 0 fully saturated rings. The Morgan fingerprint density at radius 1 is 0.960 bits per heavy atom. The minimum absolute atomic E-state index is 0.519. The Kier molecular flexibility index (Phi) is 4.54. The predicted molar refractivity (Wildman–Crippen MR) is 98.4 cm³/mol. The van der Waals surface area contributed by atoms with Crippen LogP contribution in [-0.4, -0.2) is 11.1 Å². The van der Waals surface area contributed by atoms with Crippen LogP contribution in [0.5, 0.6) is 0 Å². The molecule has 0 saturated carbocycles. The highest BCUT2D eigenvalue weighted by Gasteiger charge is 2.33. The largest absolute Gasteiger partial charge is 0.480 e. The lowest BCUT2D eigenvalue weighted by molar-refractivity contribution is -0.140. The van der Waals surface area contributed by atoms with E-state index in [4.69, 9.17) is 0 Å². The molecule has 0 aliphatic heterocycles. The van der Waals surface area contributed by atoms with Gasteiger partial charge < -0.3 is 5.11 Å². The zero-order valence-electron chi connectivity index (χ0n) is 14.2. The molecule has 3 aromatic carbocycles. The molecule has 3 heteroatoms. The summed E-state index contributed by atoms with van der Waals surface area (Å²) in [5.74, 6) is -2.76. The molecule has 0 aliphatic carbocycles. The van der Waals surface area contributed by atoms with Crippen LogP contribution in [0.2, 0.25) is 0 Å². The molecule has 0 bridgehead atoms. The lowest BCUT2D eigenvalue weighted by Gasteiger charge is -2.25. The van der Waals surface area contributed by atoms with Crippen LogP contribution in [0.3, 0.4) is 0 Å². The van der Waals surface area contributed by atoms with Gasteiger partial charge in [0.15, 0.2) is 5.92 Å². The summed E-state index contributed by atoms with van der Waals surface area (Å²) < 4.78 is 0. The lowest BCUT2D eigenvalue weighted by Crippen LogP contribution is -2.23. The number of fused-ring (bicyclic) bond motifs is 1. The van der Waals surface area contributed by atoms with Crippen LogP contribution in [0.15, 0.2) is 60.7 Å². The summed E-state index contributed by atoms with van der Waals surface area (Å²) in [4.78, 5) is 11.9. The van der Waals surface area contributed by atoms with E-state index in [2.05, 4.69) is 0 Å². The second kappa shape index (κ2) is 6.78. The smallest absolute Gasteiger partial charge is 0.321 e. The van der Waals surface area contributed by atoms with Crippen molar-refractivity contribution in [1.82, 2.24) is 0 Å². The van der Waals surface area contributed by atoms with Crippen LogP contribution < -0.4 is 0 Å². The maximum Gasteiger partial charge on any atom is 0.321 e. The number of aryl methyl sites for hydroxylation is 2. The number of nitriles is 1. The number of aliphatic carboxylic acids is 1. The van der Waals surface area contributed by atoms with E-state index < -0.39 is 17.8 Å². The maximum absolute atomic E-state index is 11.9. The Labute approximate surface area is 147 Å². The topological polar surface area (TPSA) is 61.1 Å². The van der Waals surface area contributed by atoms with Crippen molar-refractivity contribution >= 4 is 16.7 Å². The molecule has 124 valence electrons. The third-order valence-electron chi connectivity index (χ3n) is 4.75. The molecule has 3 rings (SSSR count). The van der Waals surface area contributed by atoms with Crippen molar-refractivity contribution in [2.45, 2.75) is 19.8 Å². The molecule has 2 atom stereocenters. The third-order valence-corrected chi connectivity index (χ3v) is 4.75. The second-order valence-electron chi connectivity index (χ2n) is 6.30. The first kappa shape index (κ1) is 16.7. The molecule has 2 unspecified atom stereocenters. The van der Waals surface area contributed by atoms with E-state index in [1.54, 1.807) is 0 Å². The van der Waals surface area contributed by atoms with Crippen molar-refractivity contribution in [3.8, 4) is 6.07 Å². The standard InChI is InChI=1S/C22H19NO2/c1-14-7-5-8-15(2)20(14)21(19(13-23)22(24)25)18-12-6-10-16-9-3-4-11-17(16)18/h3-12,19,21H,1-2H3,(H,24,25). The molecule has 0 spiro atoms. The van der Waals surface area contributed by atoms with Gasteiger partial charge in [-0.1, -0.05) is 60.7 Å². The minimum Gasteiger partial charge on any atom is -0.480 e. The fourth-order valence-corrected chi connectivity index (χ4v) is 3.61. The van der Waals surface area contributed by atoms with Gasteiger partial charge in [-0.15, -0.1) is 0 Å². The fourth-order valence-electron chi connectivity index (χ4n) is 3.61. The summed E-state index contributed by atoms with van der Waals surface area (Å²) in [6.07, 6.45) is 0. The molecule has 0 amide bonds.